The molecule has 1 fully saturated rings. The predicted molar refractivity (Wildman–Crippen MR) is 157 cm³/mol. The van der Waals surface area contributed by atoms with Gasteiger partial charge in [-0.25, -0.2) is 4.39 Å². The smallest absolute Gasteiger partial charge is 0.185 e. The van der Waals surface area contributed by atoms with Crippen LogP contribution in [0.2, 0.25) is 0 Å². The number of ketones is 3. The van der Waals surface area contributed by atoms with Crippen LogP contribution in [0.1, 0.15) is 73.4 Å². The summed E-state index contributed by atoms with van der Waals surface area (Å²) in [5, 5.41) is 0. The predicted octanol–water partition coefficient (Wildman–Crippen LogP) is 7.27. The lowest BCUT2D eigenvalue weighted by atomic mass is 9.64. The zero-order valence-corrected chi connectivity index (χ0v) is 22.8. The Morgan fingerprint density at radius 2 is 1.41 bits per heavy atom. The minimum Gasteiger partial charge on any atom is -0.352 e. The van der Waals surface area contributed by atoms with E-state index in [-0.39, 0.29) is 17.3 Å². The Morgan fingerprint density at radius 1 is 0.805 bits per heavy atom. The van der Waals surface area contributed by atoms with E-state index in [4.69, 9.17) is 0 Å². The molecule has 2 aliphatic heterocycles. The molecule has 0 N–H and O–H groups in total. The van der Waals surface area contributed by atoms with Crippen molar-refractivity contribution in [2.24, 2.45) is 5.41 Å². The first-order valence-electron chi connectivity index (χ1n) is 14.0. The van der Waals surface area contributed by atoms with Crippen molar-refractivity contribution < 1.29 is 18.8 Å². The second-order valence-electron chi connectivity index (χ2n) is 11.5. The lowest BCUT2D eigenvalue weighted by molar-refractivity contribution is 0.0666. The summed E-state index contributed by atoms with van der Waals surface area (Å²) >= 11 is 0. The molecule has 7 rings (SSSR count). The molecule has 202 valence electrons. The van der Waals surface area contributed by atoms with Gasteiger partial charge in [-0.15, -0.1) is 0 Å². The van der Waals surface area contributed by atoms with Crippen molar-refractivity contribution >= 4 is 29.1 Å². The number of rotatable bonds is 4. The van der Waals surface area contributed by atoms with Crippen LogP contribution in [0.4, 0.5) is 10.1 Å². The first-order valence-corrected chi connectivity index (χ1v) is 14.0. The number of carbonyl (C=O) groups is 3. The van der Waals surface area contributed by atoms with Crippen molar-refractivity contribution in [2.45, 2.75) is 37.8 Å². The van der Waals surface area contributed by atoms with Gasteiger partial charge in [0.2, 0.25) is 0 Å². The molecular weight excluding hydrogens is 513 g/mol. The molecule has 3 atom stereocenters. The standard InChI is InChI=1S/C36H28FNO3/c1-21(2)22-11-13-24(14-12-22)31-32(33(39)25-15-18-26(37)19-16-25)38-29-10-6-3-7-23(29)17-20-30(38)36(31)34(40)27-8-4-5-9-28(27)35(36)41/h3-21,30-32H,1-2H3. The highest BCUT2D eigenvalue weighted by Crippen LogP contribution is 2.61. The molecule has 4 aromatic rings. The minimum absolute atomic E-state index is 0.258. The normalized spacial score (nSPS) is 21.8. The van der Waals surface area contributed by atoms with Crippen LogP contribution in [0.5, 0.6) is 0 Å². The van der Waals surface area contributed by atoms with Gasteiger partial charge in [0.25, 0.3) is 0 Å². The number of carbonyl (C=O) groups excluding carboxylic acids is 3. The molecule has 4 nitrogen and oxygen atoms in total. The van der Waals surface area contributed by atoms with Crippen molar-refractivity contribution in [1.82, 2.24) is 0 Å². The zero-order chi connectivity index (χ0) is 28.5. The van der Waals surface area contributed by atoms with E-state index in [9.17, 15) is 18.8 Å². The molecule has 0 bridgehead atoms. The third-order valence-corrected chi connectivity index (χ3v) is 9.07. The maximum absolute atomic E-state index is 14.7. The number of Topliss-reactive ketones (excluding diaryl/α,β-unsaturated/α-hetero) is 3. The summed E-state index contributed by atoms with van der Waals surface area (Å²) < 4.78 is 13.9. The Kier molecular flexibility index (Phi) is 5.69. The van der Waals surface area contributed by atoms with E-state index >= 15 is 0 Å². The van der Waals surface area contributed by atoms with Crippen molar-refractivity contribution in [3.05, 3.63) is 142 Å². The number of benzene rings is 4. The van der Waals surface area contributed by atoms with E-state index in [0.717, 1.165) is 22.4 Å². The van der Waals surface area contributed by atoms with Gasteiger partial charge in [0.05, 0.1) is 6.04 Å². The van der Waals surface area contributed by atoms with Crippen LogP contribution in [0.15, 0.2) is 103 Å². The Balaban J connectivity index is 1.53. The lowest BCUT2D eigenvalue weighted by Gasteiger charge is -2.37. The van der Waals surface area contributed by atoms with Crippen LogP contribution in [-0.4, -0.2) is 29.4 Å². The highest BCUT2D eigenvalue weighted by molar-refractivity contribution is 6.32. The molecule has 0 saturated carbocycles. The van der Waals surface area contributed by atoms with E-state index in [0.29, 0.717) is 22.6 Å². The quantitative estimate of drug-likeness (QED) is 0.202. The van der Waals surface area contributed by atoms with Gasteiger partial charge in [0.1, 0.15) is 17.3 Å². The molecule has 1 aliphatic carbocycles. The third kappa shape index (κ3) is 3.48. The fraction of sp³-hybridized carbons (Fsp3) is 0.194. The van der Waals surface area contributed by atoms with Gasteiger partial charge in [0, 0.05) is 28.3 Å². The molecule has 0 radical (unpaired) electrons. The summed E-state index contributed by atoms with van der Waals surface area (Å²) in [6.07, 6.45) is 3.86. The molecule has 5 heteroatoms. The first-order chi connectivity index (χ1) is 19.8. The molecule has 4 aromatic carbocycles. The van der Waals surface area contributed by atoms with Gasteiger partial charge in [-0.2, -0.15) is 0 Å². The van der Waals surface area contributed by atoms with Crippen molar-refractivity contribution in [2.75, 3.05) is 4.90 Å². The fourth-order valence-electron chi connectivity index (χ4n) is 7.16. The highest BCUT2D eigenvalue weighted by atomic mass is 19.1. The Morgan fingerprint density at radius 3 is 2.05 bits per heavy atom. The Hall–Kier alpha value is -4.64. The average molecular weight is 542 g/mol. The monoisotopic (exact) mass is 541 g/mol. The van der Waals surface area contributed by atoms with E-state index < -0.39 is 29.2 Å². The molecule has 3 unspecified atom stereocenters. The number of halogens is 1. The van der Waals surface area contributed by atoms with Crippen LogP contribution in [0, 0.1) is 11.2 Å². The largest absolute Gasteiger partial charge is 0.352 e. The van der Waals surface area contributed by atoms with E-state index in [1.807, 2.05) is 65.6 Å². The summed E-state index contributed by atoms with van der Waals surface area (Å²) in [5.74, 6) is -1.71. The van der Waals surface area contributed by atoms with Gasteiger partial charge < -0.3 is 4.90 Å². The number of hydrogen-bond acceptors (Lipinski definition) is 4. The number of nitrogens with zero attached hydrogens (tertiary/aromatic N) is 1. The topological polar surface area (TPSA) is 54.5 Å². The number of hydrogen-bond donors (Lipinski definition) is 0. The third-order valence-electron chi connectivity index (χ3n) is 9.07. The van der Waals surface area contributed by atoms with Gasteiger partial charge in [-0.1, -0.05) is 92.7 Å². The molecule has 1 spiro atoms. The van der Waals surface area contributed by atoms with Gasteiger partial charge in [0.15, 0.2) is 17.3 Å². The number of anilines is 1. The number of fused-ring (bicyclic) bond motifs is 5. The second kappa shape index (κ2) is 9.20. The maximum Gasteiger partial charge on any atom is 0.185 e. The SMILES string of the molecule is CC(C)c1ccc(C2C(C(=O)c3ccc(F)cc3)N3c4ccccc4C=CC3C23C(=O)c2ccccc2C3=O)cc1. The van der Waals surface area contributed by atoms with Crippen LogP contribution < -0.4 is 4.90 Å². The van der Waals surface area contributed by atoms with Gasteiger partial charge >= 0.3 is 0 Å². The Bertz CT molecular complexity index is 1720. The van der Waals surface area contributed by atoms with E-state index in [1.54, 1.807) is 24.3 Å². The Labute approximate surface area is 238 Å². The fourth-order valence-corrected chi connectivity index (χ4v) is 7.16. The maximum atomic E-state index is 14.7. The van der Waals surface area contributed by atoms with Crippen LogP contribution in [-0.2, 0) is 0 Å². The molecule has 1 saturated heterocycles. The lowest BCUT2D eigenvalue weighted by Crippen LogP contribution is -2.48. The van der Waals surface area contributed by atoms with Crippen molar-refractivity contribution in [1.29, 1.82) is 0 Å². The van der Waals surface area contributed by atoms with E-state index in [1.165, 1.54) is 24.3 Å². The molecule has 0 aromatic heterocycles. The molecule has 3 aliphatic rings. The molecule has 2 heterocycles. The number of para-hydroxylation sites is 1. The van der Waals surface area contributed by atoms with Crippen LogP contribution in [0.25, 0.3) is 6.08 Å². The highest BCUT2D eigenvalue weighted by Gasteiger charge is 2.71. The molecule has 41 heavy (non-hydrogen) atoms. The summed E-state index contributed by atoms with van der Waals surface area (Å²) in [6.45, 7) is 4.21. The van der Waals surface area contributed by atoms with Crippen LogP contribution in [0.3, 0.4) is 0 Å². The minimum atomic E-state index is -1.55. The zero-order valence-electron chi connectivity index (χ0n) is 22.8. The van der Waals surface area contributed by atoms with Crippen LogP contribution >= 0.6 is 0 Å². The van der Waals surface area contributed by atoms with Gasteiger partial charge in [-0.05, 0) is 52.9 Å². The summed E-state index contributed by atoms with van der Waals surface area (Å²) in [6, 6.07) is 26.6. The summed E-state index contributed by atoms with van der Waals surface area (Å²) in [4.78, 5) is 45.9. The van der Waals surface area contributed by atoms with Crippen molar-refractivity contribution in [3.8, 4) is 0 Å². The summed E-state index contributed by atoms with van der Waals surface area (Å²) in [5.41, 5.74) is 3.14. The molecular formula is C36H28FNO3. The van der Waals surface area contributed by atoms with E-state index in [2.05, 4.69) is 13.8 Å². The average Bonchev–Trinajstić information content (AvgIpc) is 3.43. The first kappa shape index (κ1) is 25.3. The van der Waals surface area contributed by atoms with Crippen molar-refractivity contribution in [3.63, 3.8) is 0 Å². The second-order valence-corrected chi connectivity index (χ2v) is 11.5. The molecule has 0 amide bonds. The van der Waals surface area contributed by atoms with Gasteiger partial charge in [-0.3, -0.25) is 14.4 Å². The summed E-state index contributed by atoms with van der Waals surface area (Å²) in [7, 11) is 0.